The number of hydrogen-bond donors (Lipinski definition) is 4. The Kier molecular flexibility index (Phi) is 7.32. The summed E-state index contributed by atoms with van der Waals surface area (Å²) >= 11 is 0. The molecule has 164 valence electrons. The van der Waals surface area contributed by atoms with Crippen LogP contribution in [0.1, 0.15) is 47.1 Å². The van der Waals surface area contributed by atoms with Gasteiger partial charge in [0.05, 0.1) is 0 Å². The maximum Gasteiger partial charge on any atom is 0.405 e. The third-order valence-corrected chi connectivity index (χ3v) is 5.23. The van der Waals surface area contributed by atoms with Crippen molar-refractivity contribution in [2.24, 2.45) is 22.3 Å². The fourth-order valence-electron chi connectivity index (χ4n) is 4.65. The van der Waals surface area contributed by atoms with Crippen molar-refractivity contribution in [3.8, 4) is 0 Å². The molecule has 8 heteroatoms. The summed E-state index contributed by atoms with van der Waals surface area (Å²) in [6, 6.07) is 8.93. The zero-order chi connectivity index (χ0) is 22.7. The van der Waals surface area contributed by atoms with Crippen LogP contribution in [0.25, 0.3) is 0 Å². The largest absolute Gasteiger partial charge is 0.447 e. The summed E-state index contributed by atoms with van der Waals surface area (Å²) in [5.74, 6) is 0. The van der Waals surface area contributed by atoms with Crippen LogP contribution in [-0.4, -0.2) is 46.3 Å². The summed E-state index contributed by atoms with van der Waals surface area (Å²) in [4.78, 5) is 23.1. The normalized spacial score (nSPS) is 15.9. The van der Waals surface area contributed by atoms with Gasteiger partial charge in [0, 0.05) is 17.3 Å². The number of hydrogen-bond acceptors (Lipinski definition) is 6. The van der Waals surface area contributed by atoms with E-state index in [1.165, 1.54) is 0 Å². The van der Waals surface area contributed by atoms with Crippen molar-refractivity contribution in [1.82, 2.24) is 0 Å². The molecule has 0 bridgehead atoms. The van der Waals surface area contributed by atoms with Crippen molar-refractivity contribution >= 4 is 12.2 Å². The van der Waals surface area contributed by atoms with Gasteiger partial charge in [0.15, 0.2) is 5.60 Å². The Bertz CT molecular complexity index is 694. The van der Waals surface area contributed by atoms with Gasteiger partial charge >= 0.3 is 12.2 Å². The van der Waals surface area contributed by atoms with Gasteiger partial charge in [-0.2, -0.15) is 0 Å². The number of aliphatic hydroxyl groups is 2. The van der Waals surface area contributed by atoms with Gasteiger partial charge in [-0.3, -0.25) is 0 Å². The van der Waals surface area contributed by atoms with Crippen molar-refractivity contribution in [3.05, 3.63) is 35.9 Å². The van der Waals surface area contributed by atoms with Crippen LogP contribution in [0.15, 0.2) is 30.3 Å². The zero-order valence-electron chi connectivity index (χ0n) is 18.1. The summed E-state index contributed by atoms with van der Waals surface area (Å²) in [5, 5.41) is 23.1. The highest BCUT2D eigenvalue weighted by atomic mass is 16.6. The fourth-order valence-corrected chi connectivity index (χ4v) is 4.65. The number of aliphatic hydroxyl groups excluding tert-OH is 1. The molecule has 1 aromatic carbocycles. The van der Waals surface area contributed by atoms with E-state index >= 15 is 0 Å². The topological polar surface area (TPSA) is 145 Å². The molecule has 0 aliphatic rings. The summed E-state index contributed by atoms with van der Waals surface area (Å²) < 4.78 is 10.5. The van der Waals surface area contributed by atoms with Crippen LogP contribution in [0.5, 0.6) is 0 Å². The number of rotatable bonds is 7. The van der Waals surface area contributed by atoms with Gasteiger partial charge < -0.3 is 31.2 Å². The lowest BCUT2D eigenvalue weighted by molar-refractivity contribution is -0.282. The quantitative estimate of drug-likeness (QED) is 0.543. The molecule has 0 saturated carbocycles. The molecule has 0 aliphatic heterocycles. The number of amides is 2. The predicted molar refractivity (Wildman–Crippen MR) is 109 cm³/mol. The maximum absolute atomic E-state index is 12.1. The first kappa shape index (κ1) is 24.7. The van der Waals surface area contributed by atoms with E-state index in [-0.39, 0.29) is 6.42 Å². The molecule has 29 heavy (non-hydrogen) atoms. The van der Waals surface area contributed by atoms with Crippen LogP contribution in [0.3, 0.4) is 0 Å². The number of carbonyl (C=O) groups is 2. The zero-order valence-corrected chi connectivity index (χ0v) is 18.1. The first-order valence-electron chi connectivity index (χ1n) is 9.43. The molecule has 0 heterocycles. The van der Waals surface area contributed by atoms with Gasteiger partial charge in [-0.1, -0.05) is 71.9 Å². The van der Waals surface area contributed by atoms with Crippen molar-refractivity contribution in [2.45, 2.75) is 65.3 Å². The molecule has 0 spiro atoms. The number of primary amides is 2. The molecule has 2 unspecified atom stereocenters. The standard InChI is InChI=1S/C21H34N2O6/c1-18(2,3)21(19(4,5)6,29-17(23)26)20(27,15(24)13-28-16(22)25)12-14-10-8-7-9-11-14/h7-11,15,24,27H,12-13H2,1-6H3,(H2,22,25)(H2,23,26). The van der Waals surface area contributed by atoms with Gasteiger partial charge in [-0.15, -0.1) is 0 Å². The predicted octanol–water partition coefficient (Wildman–Crippen LogP) is 2.34. The van der Waals surface area contributed by atoms with Gasteiger partial charge in [0.2, 0.25) is 0 Å². The van der Waals surface area contributed by atoms with E-state index < -0.39 is 46.9 Å². The van der Waals surface area contributed by atoms with E-state index in [1.807, 2.05) is 6.07 Å². The van der Waals surface area contributed by atoms with Crippen molar-refractivity contribution < 1.29 is 29.3 Å². The smallest absolute Gasteiger partial charge is 0.405 e. The molecular formula is C21H34N2O6. The molecule has 2 atom stereocenters. The lowest BCUT2D eigenvalue weighted by atomic mass is 9.52. The number of benzene rings is 1. The van der Waals surface area contributed by atoms with Crippen molar-refractivity contribution in [3.63, 3.8) is 0 Å². The minimum Gasteiger partial charge on any atom is -0.447 e. The first-order valence-corrected chi connectivity index (χ1v) is 9.43. The molecule has 2 amide bonds. The third-order valence-electron chi connectivity index (χ3n) is 5.23. The maximum atomic E-state index is 12.1. The van der Waals surface area contributed by atoms with Gasteiger partial charge in [0.25, 0.3) is 0 Å². The minimum absolute atomic E-state index is 0.0983. The molecule has 1 aromatic rings. The van der Waals surface area contributed by atoms with E-state index in [2.05, 4.69) is 0 Å². The Balaban J connectivity index is 3.78. The van der Waals surface area contributed by atoms with E-state index in [1.54, 1.807) is 65.8 Å². The minimum atomic E-state index is -2.09. The van der Waals surface area contributed by atoms with Crippen LogP contribution >= 0.6 is 0 Å². The molecule has 1 rings (SSSR count). The molecule has 0 aliphatic carbocycles. The van der Waals surface area contributed by atoms with Gasteiger partial charge in [0.1, 0.15) is 18.3 Å². The van der Waals surface area contributed by atoms with Gasteiger partial charge in [-0.05, 0) is 5.56 Å². The van der Waals surface area contributed by atoms with E-state index in [0.717, 1.165) is 0 Å². The molecule has 8 nitrogen and oxygen atoms in total. The summed E-state index contributed by atoms with van der Waals surface area (Å²) in [6.45, 7) is 10.1. The van der Waals surface area contributed by atoms with Gasteiger partial charge in [-0.25, -0.2) is 9.59 Å². The van der Waals surface area contributed by atoms with Crippen LogP contribution in [0, 0.1) is 10.8 Å². The lowest BCUT2D eigenvalue weighted by Crippen LogP contribution is -2.75. The number of ether oxygens (including phenoxy) is 2. The highest BCUT2D eigenvalue weighted by molar-refractivity contribution is 5.66. The molecule has 0 fully saturated rings. The second kappa shape index (κ2) is 8.59. The molecule has 0 saturated heterocycles. The fraction of sp³-hybridized carbons (Fsp3) is 0.619. The van der Waals surface area contributed by atoms with Crippen LogP contribution < -0.4 is 11.5 Å². The summed E-state index contributed by atoms with van der Waals surface area (Å²) in [6.07, 6.45) is -3.92. The van der Waals surface area contributed by atoms with Crippen LogP contribution in [-0.2, 0) is 15.9 Å². The molecule has 0 radical (unpaired) electrons. The average molecular weight is 411 g/mol. The highest BCUT2D eigenvalue weighted by Crippen LogP contribution is 2.55. The Morgan fingerprint density at radius 3 is 1.83 bits per heavy atom. The Labute approximate surface area is 172 Å². The van der Waals surface area contributed by atoms with Crippen LogP contribution in [0.2, 0.25) is 0 Å². The second-order valence-electron chi connectivity index (χ2n) is 9.33. The summed E-state index contributed by atoms with van der Waals surface area (Å²) in [7, 11) is 0. The van der Waals surface area contributed by atoms with E-state index in [0.29, 0.717) is 5.56 Å². The van der Waals surface area contributed by atoms with Crippen molar-refractivity contribution in [1.29, 1.82) is 0 Å². The lowest BCUT2D eigenvalue weighted by Gasteiger charge is -2.60. The second-order valence-corrected chi connectivity index (χ2v) is 9.33. The van der Waals surface area contributed by atoms with Crippen LogP contribution in [0.4, 0.5) is 9.59 Å². The van der Waals surface area contributed by atoms with E-state index in [9.17, 15) is 19.8 Å². The molecule has 6 N–H and O–H groups in total. The molecular weight excluding hydrogens is 376 g/mol. The summed E-state index contributed by atoms with van der Waals surface area (Å²) in [5.41, 5.74) is 5.59. The van der Waals surface area contributed by atoms with Crippen molar-refractivity contribution in [2.75, 3.05) is 6.61 Å². The SMILES string of the molecule is CC(C)(C)C(OC(N)=O)(C(C)(C)C)C(O)(Cc1ccccc1)C(O)COC(N)=O. The monoisotopic (exact) mass is 410 g/mol. The number of nitrogens with two attached hydrogens (primary N) is 2. The average Bonchev–Trinajstić information content (AvgIpc) is 2.55. The third kappa shape index (κ3) is 5.00. The highest BCUT2D eigenvalue weighted by Gasteiger charge is 2.68. The molecule has 0 aromatic heterocycles. The van der Waals surface area contributed by atoms with E-state index in [4.69, 9.17) is 20.9 Å². The Morgan fingerprint density at radius 1 is 0.966 bits per heavy atom. The first-order chi connectivity index (χ1) is 13.1. The Morgan fingerprint density at radius 2 is 1.45 bits per heavy atom. The Hall–Kier alpha value is -2.32. The number of carbonyl (C=O) groups excluding carboxylic acids is 2.